The monoisotopic (exact) mass is 639 g/mol. The molecule has 8 nitrogen and oxygen atoms in total. The summed E-state index contributed by atoms with van der Waals surface area (Å²) in [6.45, 7) is 6.91. The van der Waals surface area contributed by atoms with E-state index in [1.54, 1.807) is 13.1 Å². The van der Waals surface area contributed by atoms with Gasteiger partial charge in [0.1, 0.15) is 6.61 Å². The van der Waals surface area contributed by atoms with Gasteiger partial charge in [-0.2, -0.15) is 26.3 Å². The third-order valence-electron chi connectivity index (χ3n) is 8.12. The van der Waals surface area contributed by atoms with Crippen LogP contribution in [0.5, 0.6) is 0 Å². The lowest BCUT2D eigenvalue weighted by atomic mass is 9.97. The second-order valence-electron chi connectivity index (χ2n) is 11.3. The molecular formula is C31H35F6N5O3. The predicted molar refractivity (Wildman–Crippen MR) is 156 cm³/mol. The number of amides is 1. The van der Waals surface area contributed by atoms with Crippen LogP contribution in [0.1, 0.15) is 34.0 Å². The van der Waals surface area contributed by atoms with Crippen LogP contribution < -0.4 is 0 Å². The number of para-hydroxylation sites is 1. The van der Waals surface area contributed by atoms with E-state index < -0.39 is 41.0 Å². The molecule has 2 aliphatic heterocycles. The lowest BCUT2D eigenvalue weighted by molar-refractivity contribution is -0.141. The Balaban J connectivity index is 1.36. The molecule has 2 saturated heterocycles. The highest BCUT2D eigenvalue weighted by atomic mass is 19.4. The van der Waals surface area contributed by atoms with Crippen LogP contribution in [-0.2, 0) is 28.3 Å². The zero-order valence-corrected chi connectivity index (χ0v) is 24.8. The maximum Gasteiger partial charge on any atom is 0.417 e. The van der Waals surface area contributed by atoms with Crippen LogP contribution in [-0.4, -0.2) is 103 Å². The predicted octanol–water partition coefficient (Wildman–Crippen LogP) is 5.30. The van der Waals surface area contributed by atoms with Crippen LogP contribution in [0.25, 0.3) is 10.9 Å². The number of carbonyl (C=O) groups is 1. The molecule has 0 spiro atoms. The van der Waals surface area contributed by atoms with E-state index in [0.717, 1.165) is 29.6 Å². The quantitative estimate of drug-likeness (QED) is 0.149. The summed E-state index contributed by atoms with van der Waals surface area (Å²) < 4.78 is 87.6. The van der Waals surface area contributed by atoms with Gasteiger partial charge in [0.05, 0.1) is 35.6 Å². The first-order chi connectivity index (χ1) is 21.4. The first kappa shape index (κ1) is 32.8. The molecule has 2 fully saturated rings. The first-order valence-electron chi connectivity index (χ1n) is 14.7. The highest BCUT2D eigenvalue weighted by Gasteiger charge is 2.41. The third kappa shape index (κ3) is 8.16. The van der Waals surface area contributed by atoms with E-state index in [1.165, 1.54) is 4.90 Å². The van der Waals surface area contributed by atoms with Crippen LogP contribution in [0.15, 0.2) is 53.8 Å². The average molecular weight is 640 g/mol. The summed E-state index contributed by atoms with van der Waals surface area (Å²) in [5.41, 5.74) is -1.35. The van der Waals surface area contributed by atoms with Gasteiger partial charge in [-0.1, -0.05) is 23.4 Å². The number of benzene rings is 2. The average Bonchev–Trinajstić information content (AvgIpc) is 3.41. The number of aromatic amines is 1. The molecule has 45 heavy (non-hydrogen) atoms. The van der Waals surface area contributed by atoms with Crippen LogP contribution in [0, 0.1) is 0 Å². The highest BCUT2D eigenvalue weighted by Crippen LogP contribution is 2.37. The molecule has 3 heterocycles. The summed E-state index contributed by atoms with van der Waals surface area (Å²) in [6.07, 6.45) is -7.87. The Morgan fingerprint density at radius 3 is 2.49 bits per heavy atom. The van der Waals surface area contributed by atoms with Crippen molar-refractivity contribution in [3.8, 4) is 0 Å². The van der Waals surface area contributed by atoms with E-state index in [2.05, 4.69) is 15.0 Å². The number of rotatable bonds is 9. The van der Waals surface area contributed by atoms with E-state index in [9.17, 15) is 31.1 Å². The molecule has 1 aromatic heterocycles. The fourth-order valence-corrected chi connectivity index (χ4v) is 5.86. The van der Waals surface area contributed by atoms with Crippen molar-refractivity contribution < 1.29 is 40.7 Å². The Hall–Kier alpha value is -3.62. The molecule has 14 heteroatoms. The highest BCUT2D eigenvalue weighted by molar-refractivity contribution is 5.96. The van der Waals surface area contributed by atoms with Crippen LogP contribution in [0.2, 0.25) is 0 Å². The summed E-state index contributed by atoms with van der Waals surface area (Å²) in [5, 5.41) is 5.11. The van der Waals surface area contributed by atoms with Crippen molar-refractivity contribution in [2.45, 2.75) is 31.7 Å². The molecule has 0 radical (unpaired) electrons. The Morgan fingerprint density at radius 1 is 1.00 bits per heavy atom. The SMILES string of the molecule is CC(CN1CCN(C(=O)c2cc(C(F)(F)F)ccc2C(F)(F)F)[C@H](Cc2c[nH]c3ccccc23)C1)=NOCCN1CCOCC1. The van der Waals surface area contributed by atoms with Gasteiger partial charge in [-0.3, -0.25) is 14.6 Å². The standard InChI is InChI=1S/C31H35F6N5O3/c1-21(39-45-15-12-40-10-13-44-14-11-40)19-41-8-9-42(24(20-41)16-22-18-38-28-5-3-2-4-25(22)28)29(43)26-17-23(30(32,33)34)6-7-27(26)31(35,36)37/h2-7,17-18,24,38H,8-16,19-20H2,1H3/t24-/m1/s1. The van der Waals surface area contributed by atoms with Crippen LogP contribution in [0.4, 0.5) is 26.3 Å². The third-order valence-corrected chi connectivity index (χ3v) is 8.12. The number of H-pyrrole nitrogens is 1. The van der Waals surface area contributed by atoms with Gasteiger partial charge in [-0.15, -0.1) is 0 Å². The molecule has 2 aliphatic rings. The molecule has 5 rings (SSSR count). The number of fused-ring (bicyclic) bond motifs is 1. The Kier molecular flexibility index (Phi) is 10.0. The van der Waals surface area contributed by atoms with E-state index in [1.807, 2.05) is 29.2 Å². The van der Waals surface area contributed by atoms with Crippen LogP contribution >= 0.6 is 0 Å². The van der Waals surface area contributed by atoms with Gasteiger partial charge >= 0.3 is 12.4 Å². The van der Waals surface area contributed by atoms with Crippen LogP contribution in [0.3, 0.4) is 0 Å². The minimum atomic E-state index is -5.02. The van der Waals surface area contributed by atoms with Crippen molar-refractivity contribution in [3.05, 3.63) is 70.9 Å². The van der Waals surface area contributed by atoms with Crippen molar-refractivity contribution in [1.82, 2.24) is 19.7 Å². The maximum absolute atomic E-state index is 13.9. The van der Waals surface area contributed by atoms with Crippen molar-refractivity contribution in [3.63, 3.8) is 0 Å². The summed E-state index contributed by atoms with van der Waals surface area (Å²) >= 11 is 0. The fraction of sp³-hybridized carbons (Fsp3) is 0.484. The molecule has 0 aliphatic carbocycles. The van der Waals surface area contributed by atoms with Gasteiger partial charge in [-0.25, -0.2) is 0 Å². The number of hydrogen-bond donors (Lipinski definition) is 1. The topological polar surface area (TPSA) is 73.4 Å². The number of ether oxygens (including phenoxy) is 1. The van der Waals surface area contributed by atoms with Crippen molar-refractivity contribution in [2.24, 2.45) is 5.16 Å². The summed E-state index contributed by atoms with van der Waals surface area (Å²) in [7, 11) is 0. The van der Waals surface area contributed by atoms with E-state index >= 15 is 0 Å². The number of oxime groups is 1. The smallest absolute Gasteiger partial charge is 0.394 e. The summed E-state index contributed by atoms with van der Waals surface area (Å²) in [5.74, 6) is -1.09. The lowest BCUT2D eigenvalue weighted by Crippen LogP contribution is -2.56. The largest absolute Gasteiger partial charge is 0.417 e. The summed E-state index contributed by atoms with van der Waals surface area (Å²) in [6, 6.07) is 7.86. The number of hydrogen-bond acceptors (Lipinski definition) is 6. The van der Waals surface area contributed by atoms with Crippen molar-refractivity contribution in [1.29, 1.82) is 0 Å². The molecule has 1 atom stereocenters. The summed E-state index contributed by atoms with van der Waals surface area (Å²) in [4.78, 5) is 27.9. The molecule has 1 amide bonds. The molecule has 0 unspecified atom stereocenters. The van der Waals surface area contributed by atoms with Gasteiger partial charge in [-0.05, 0) is 43.2 Å². The molecule has 0 saturated carbocycles. The number of carbonyl (C=O) groups excluding carboxylic acids is 1. The zero-order valence-electron chi connectivity index (χ0n) is 24.8. The number of morpholine rings is 1. The number of piperazine rings is 1. The van der Waals surface area contributed by atoms with Gasteiger partial charge in [0.15, 0.2) is 0 Å². The number of nitrogens with zero attached hydrogens (tertiary/aromatic N) is 4. The molecule has 3 aromatic rings. The Morgan fingerprint density at radius 2 is 1.76 bits per heavy atom. The number of aromatic nitrogens is 1. The Bertz CT molecular complexity index is 1500. The number of halogens is 6. The van der Waals surface area contributed by atoms with Gasteiger partial charge < -0.3 is 19.5 Å². The molecule has 2 aromatic carbocycles. The van der Waals surface area contributed by atoms with E-state index in [-0.39, 0.29) is 26.1 Å². The minimum Gasteiger partial charge on any atom is -0.394 e. The van der Waals surface area contributed by atoms with Gasteiger partial charge in [0, 0.05) is 69.0 Å². The molecule has 1 N–H and O–H groups in total. The van der Waals surface area contributed by atoms with E-state index in [4.69, 9.17) is 9.57 Å². The lowest BCUT2D eigenvalue weighted by Gasteiger charge is -2.42. The number of alkyl halides is 6. The molecular weight excluding hydrogens is 604 g/mol. The number of nitrogens with one attached hydrogen (secondary N) is 1. The normalized spacial score (nSPS) is 19.3. The zero-order chi connectivity index (χ0) is 32.2. The fourth-order valence-electron chi connectivity index (χ4n) is 5.86. The second kappa shape index (κ2) is 13.8. The van der Waals surface area contributed by atoms with Gasteiger partial charge in [0.2, 0.25) is 0 Å². The second-order valence-corrected chi connectivity index (χ2v) is 11.3. The minimum absolute atomic E-state index is 0.0184. The van der Waals surface area contributed by atoms with Crippen molar-refractivity contribution in [2.75, 3.05) is 65.6 Å². The van der Waals surface area contributed by atoms with Gasteiger partial charge in [0.25, 0.3) is 5.91 Å². The van der Waals surface area contributed by atoms with E-state index in [0.29, 0.717) is 56.8 Å². The first-order valence-corrected chi connectivity index (χ1v) is 14.7. The molecule has 0 bridgehead atoms. The molecule has 244 valence electrons. The maximum atomic E-state index is 13.9. The van der Waals surface area contributed by atoms with Crippen molar-refractivity contribution >= 4 is 22.5 Å². The Labute approximate surface area is 256 Å².